The quantitative estimate of drug-likeness (QED) is 0.0176. The van der Waals surface area contributed by atoms with Gasteiger partial charge in [-0.3, -0.25) is 23.2 Å². The molecule has 7 atom stereocenters. The number of hydrogen-bond acceptors (Lipinski definition) is 15. The first-order valence-corrected chi connectivity index (χ1v) is 28.7. The number of nitrogen functional groups attached to an aromatic ring is 1. The van der Waals surface area contributed by atoms with Gasteiger partial charge in [-0.15, -0.1) is 0 Å². The van der Waals surface area contributed by atoms with E-state index in [4.69, 9.17) is 29.0 Å². The number of aromatic nitrogens is 2. The molecule has 1 aliphatic rings. The standard InChI is InChI=1S/C49H87N3O15P2/c1-4-5-6-7-8-9-10-11-12-15-19-22-25-28-31-34-45(54)65-41(37-62-44(53)33-30-27-24-21-18-16-13-14-17-20-23-26-29-32-40(2)3)38-63-68(58,59)67-69(60,61)64-39-42-46(55)47(56)48(66-42)52-36-35-43(50)51-49(52)57/h9-12,35-36,40-42,46-48,55-56H,4-8,13-34,37-39H2,1-3H3,(H,58,59)(H,60,61)(H2,50,51,57)/b10-9-,12-11-/t41-,42-,46+,47?,48-/m1/s1. The molecule has 3 unspecified atom stereocenters. The van der Waals surface area contributed by atoms with Crippen LogP contribution < -0.4 is 11.4 Å². The largest absolute Gasteiger partial charge is 0.481 e. The van der Waals surface area contributed by atoms with E-state index in [-0.39, 0.29) is 18.7 Å². The topological polar surface area (TPSA) is 265 Å². The Morgan fingerprint density at radius 2 is 1.25 bits per heavy atom. The van der Waals surface area contributed by atoms with E-state index in [0.29, 0.717) is 12.8 Å². The predicted molar refractivity (Wildman–Crippen MR) is 266 cm³/mol. The summed E-state index contributed by atoms with van der Waals surface area (Å²) in [5.41, 5.74) is 4.59. The third-order valence-corrected chi connectivity index (χ3v) is 14.3. The first kappa shape index (κ1) is 62.4. The molecule has 0 spiro atoms. The van der Waals surface area contributed by atoms with Gasteiger partial charge in [-0.2, -0.15) is 9.29 Å². The van der Waals surface area contributed by atoms with Crippen molar-refractivity contribution in [3.63, 3.8) is 0 Å². The zero-order valence-electron chi connectivity index (χ0n) is 41.8. The monoisotopic (exact) mass is 1020 g/mol. The molecule has 20 heteroatoms. The Morgan fingerprint density at radius 3 is 1.80 bits per heavy atom. The van der Waals surface area contributed by atoms with E-state index >= 15 is 0 Å². The molecule has 6 N–H and O–H groups in total. The lowest BCUT2D eigenvalue weighted by Crippen LogP contribution is -2.36. The molecule has 2 heterocycles. The van der Waals surface area contributed by atoms with Crippen molar-refractivity contribution in [2.45, 2.75) is 225 Å². The van der Waals surface area contributed by atoms with Gasteiger partial charge in [-0.25, -0.2) is 13.9 Å². The number of unbranched alkanes of at least 4 members (excludes halogenated alkanes) is 21. The Bertz CT molecular complexity index is 1760. The Labute approximate surface area is 411 Å². The number of nitrogens with two attached hydrogens (primary N) is 1. The lowest BCUT2D eigenvalue weighted by Gasteiger charge is -2.21. The first-order chi connectivity index (χ1) is 33.0. The molecule has 2 rings (SSSR count). The number of carbonyl (C=O) groups is 2. The lowest BCUT2D eigenvalue weighted by atomic mass is 10.0. The summed E-state index contributed by atoms with van der Waals surface area (Å²) in [7, 11) is -10.8. The minimum atomic E-state index is -5.42. The van der Waals surface area contributed by atoms with E-state index in [0.717, 1.165) is 74.7 Å². The normalized spacial score (nSPS) is 19.6. The number of aliphatic hydroxyl groups excluding tert-OH is 2. The molecule has 0 aliphatic carbocycles. The molecule has 0 saturated carbocycles. The summed E-state index contributed by atoms with van der Waals surface area (Å²) in [6.07, 6.45) is 29.7. The van der Waals surface area contributed by atoms with Crippen LogP contribution in [0.15, 0.2) is 41.4 Å². The van der Waals surface area contributed by atoms with Gasteiger partial charge in [0.25, 0.3) is 0 Å². The fraction of sp³-hybridized carbons (Fsp3) is 0.796. The molecule has 1 fully saturated rings. The fourth-order valence-electron chi connectivity index (χ4n) is 7.72. The number of aliphatic hydroxyl groups is 2. The summed E-state index contributed by atoms with van der Waals surface area (Å²) in [6.45, 7) is 4.45. The molecular formula is C49H87N3O15P2. The summed E-state index contributed by atoms with van der Waals surface area (Å²) < 4.78 is 56.8. The van der Waals surface area contributed by atoms with Crippen molar-refractivity contribution in [2.75, 3.05) is 25.6 Å². The number of ether oxygens (including phenoxy) is 3. The van der Waals surface area contributed by atoms with Crippen molar-refractivity contribution in [1.82, 2.24) is 9.55 Å². The van der Waals surface area contributed by atoms with E-state index in [9.17, 15) is 43.5 Å². The molecule has 1 aliphatic heterocycles. The highest BCUT2D eigenvalue weighted by Gasteiger charge is 2.46. The molecule has 1 aromatic rings. The van der Waals surface area contributed by atoms with Gasteiger partial charge in [0.05, 0.1) is 13.2 Å². The molecule has 1 aromatic heterocycles. The molecule has 0 amide bonds. The van der Waals surface area contributed by atoms with Crippen molar-refractivity contribution in [3.8, 4) is 0 Å². The molecule has 1 saturated heterocycles. The third-order valence-electron chi connectivity index (χ3n) is 11.7. The molecule has 398 valence electrons. The molecule has 69 heavy (non-hydrogen) atoms. The number of hydrogen-bond donors (Lipinski definition) is 5. The van der Waals surface area contributed by atoms with Crippen LogP contribution in [-0.4, -0.2) is 85.7 Å². The third kappa shape index (κ3) is 30.7. The zero-order chi connectivity index (χ0) is 50.8. The lowest BCUT2D eigenvalue weighted by molar-refractivity contribution is -0.161. The average molecular weight is 1020 g/mol. The Balaban J connectivity index is 1.80. The van der Waals surface area contributed by atoms with Crippen LogP contribution in [0, 0.1) is 5.92 Å². The van der Waals surface area contributed by atoms with Gasteiger partial charge in [0, 0.05) is 19.0 Å². The smallest absolute Gasteiger partial charge is 0.462 e. The summed E-state index contributed by atoms with van der Waals surface area (Å²) in [6, 6.07) is 1.25. The van der Waals surface area contributed by atoms with Gasteiger partial charge in [0.2, 0.25) is 0 Å². The van der Waals surface area contributed by atoms with Crippen LogP contribution in [0.25, 0.3) is 0 Å². The van der Waals surface area contributed by atoms with Crippen LogP contribution in [0.2, 0.25) is 0 Å². The average Bonchev–Trinajstić information content (AvgIpc) is 3.57. The highest BCUT2D eigenvalue weighted by atomic mass is 31.3. The summed E-state index contributed by atoms with van der Waals surface area (Å²) in [5, 5.41) is 20.9. The number of esters is 2. The van der Waals surface area contributed by atoms with Crippen LogP contribution >= 0.6 is 15.6 Å². The minimum absolute atomic E-state index is 0.0348. The highest BCUT2D eigenvalue weighted by Crippen LogP contribution is 2.60. The number of carbonyl (C=O) groups excluding carboxylic acids is 2. The molecule has 18 nitrogen and oxygen atoms in total. The number of phosphoric acid groups is 2. The number of nitrogens with zero attached hydrogens (tertiary/aromatic N) is 2. The molecule has 0 radical (unpaired) electrons. The Hall–Kier alpha value is -2.76. The summed E-state index contributed by atoms with van der Waals surface area (Å²) in [4.78, 5) is 61.9. The van der Waals surface area contributed by atoms with Crippen LogP contribution in [-0.2, 0) is 46.3 Å². The van der Waals surface area contributed by atoms with E-state index in [1.54, 1.807) is 0 Å². The van der Waals surface area contributed by atoms with Gasteiger partial charge in [-0.05, 0) is 50.5 Å². The molecule has 0 bridgehead atoms. The number of phosphoric ester groups is 2. The maximum atomic E-state index is 12.9. The number of anilines is 1. The zero-order valence-corrected chi connectivity index (χ0v) is 43.6. The molecular weight excluding hydrogens is 932 g/mol. The second kappa shape index (κ2) is 37.1. The fourth-order valence-corrected chi connectivity index (χ4v) is 9.83. The maximum Gasteiger partial charge on any atom is 0.481 e. The van der Waals surface area contributed by atoms with E-state index < -0.39 is 83.7 Å². The number of allylic oxidation sites excluding steroid dienone is 4. The van der Waals surface area contributed by atoms with Gasteiger partial charge in [-0.1, -0.05) is 167 Å². The minimum Gasteiger partial charge on any atom is -0.462 e. The maximum absolute atomic E-state index is 12.9. The van der Waals surface area contributed by atoms with Crippen molar-refractivity contribution in [3.05, 3.63) is 47.1 Å². The van der Waals surface area contributed by atoms with Gasteiger partial charge in [0.15, 0.2) is 12.3 Å². The first-order valence-electron chi connectivity index (χ1n) is 25.7. The van der Waals surface area contributed by atoms with Crippen LogP contribution in [0.3, 0.4) is 0 Å². The van der Waals surface area contributed by atoms with Gasteiger partial charge >= 0.3 is 33.3 Å². The summed E-state index contributed by atoms with van der Waals surface area (Å²) >= 11 is 0. The van der Waals surface area contributed by atoms with Crippen LogP contribution in [0.5, 0.6) is 0 Å². The van der Waals surface area contributed by atoms with E-state index in [1.165, 1.54) is 95.7 Å². The van der Waals surface area contributed by atoms with Crippen LogP contribution in [0.1, 0.15) is 200 Å². The van der Waals surface area contributed by atoms with E-state index in [1.807, 2.05) is 0 Å². The van der Waals surface area contributed by atoms with E-state index in [2.05, 4.69) is 54.4 Å². The van der Waals surface area contributed by atoms with Crippen molar-refractivity contribution in [1.29, 1.82) is 0 Å². The summed E-state index contributed by atoms with van der Waals surface area (Å²) in [5.74, 6) is -0.517. The van der Waals surface area contributed by atoms with Crippen molar-refractivity contribution < 1.29 is 66.3 Å². The van der Waals surface area contributed by atoms with Gasteiger partial charge < -0.3 is 39.9 Å². The SMILES string of the molecule is CCCCCC/C=C\C=C/CCCCCCCC(=O)O[C@H](COC(=O)CCCCCCCCCCCCCCCC(C)C)COP(=O)(O)OP(=O)(O)OC[C@H]1O[C@@H](n2ccc(N)nc2=O)C(O)[C@H]1O. The van der Waals surface area contributed by atoms with Gasteiger partial charge in [0.1, 0.15) is 30.7 Å². The Morgan fingerprint density at radius 1 is 0.739 bits per heavy atom. The predicted octanol–water partition coefficient (Wildman–Crippen LogP) is 10.5. The van der Waals surface area contributed by atoms with Crippen LogP contribution in [0.4, 0.5) is 5.82 Å². The second-order valence-electron chi connectivity index (χ2n) is 18.5. The van der Waals surface area contributed by atoms with Crippen molar-refractivity contribution in [2.24, 2.45) is 5.92 Å². The van der Waals surface area contributed by atoms with Crippen molar-refractivity contribution >= 4 is 33.4 Å². The molecule has 0 aromatic carbocycles. The Kier molecular flexibility index (Phi) is 33.5. The number of rotatable bonds is 42. The second-order valence-corrected chi connectivity index (χ2v) is 21.6. The highest BCUT2D eigenvalue weighted by molar-refractivity contribution is 7.61.